The second-order valence-electron chi connectivity index (χ2n) is 7.82. The molecular weight excluding hydrogens is 330 g/mol. The monoisotopic (exact) mass is 359 g/mol. The fourth-order valence-electron chi connectivity index (χ4n) is 4.34. The number of ether oxygens (including phenoxy) is 2. The molecule has 3 aliphatic heterocycles. The van der Waals surface area contributed by atoms with E-state index in [2.05, 4.69) is 16.0 Å². The van der Waals surface area contributed by atoms with Gasteiger partial charge >= 0.3 is 0 Å². The van der Waals surface area contributed by atoms with Crippen molar-refractivity contribution in [3.05, 3.63) is 30.1 Å². The van der Waals surface area contributed by atoms with Crippen LogP contribution in [-0.4, -0.2) is 71.8 Å². The van der Waals surface area contributed by atoms with Crippen LogP contribution in [0.25, 0.3) is 0 Å². The van der Waals surface area contributed by atoms with Gasteiger partial charge in [-0.3, -0.25) is 14.7 Å². The lowest BCUT2D eigenvalue weighted by molar-refractivity contribution is -0.137. The quantitative estimate of drug-likeness (QED) is 0.803. The summed E-state index contributed by atoms with van der Waals surface area (Å²) >= 11 is 0. The van der Waals surface area contributed by atoms with Crippen LogP contribution in [0.15, 0.2) is 24.4 Å². The molecule has 1 amide bonds. The molecule has 0 radical (unpaired) electrons. The standard InChI is InChI=1S/C20H29N3O3/c24-19(23-9-3-4-10-23)16-25-18-13-20(26-15-18)6-11-22(12-7-20)14-17-5-1-2-8-21-17/h1-2,5,8,18H,3-4,6-7,9-16H2. The largest absolute Gasteiger partial charge is 0.372 e. The molecule has 3 saturated heterocycles. The van der Waals surface area contributed by atoms with E-state index >= 15 is 0 Å². The van der Waals surface area contributed by atoms with Gasteiger partial charge in [-0.15, -0.1) is 0 Å². The average molecular weight is 359 g/mol. The summed E-state index contributed by atoms with van der Waals surface area (Å²) in [5.74, 6) is 0.133. The molecule has 4 rings (SSSR count). The first-order valence-corrected chi connectivity index (χ1v) is 9.88. The molecule has 1 aromatic heterocycles. The highest BCUT2D eigenvalue weighted by molar-refractivity contribution is 5.77. The van der Waals surface area contributed by atoms with E-state index in [4.69, 9.17) is 9.47 Å². The van der Waals surface area contributed by atoms with Crippen LogP contribution in [0.4, 0.5) is 0 Å². The molecule has 0 saturated carbocycles. The zero-order valence-corrected chi connectivity index (χ0v) is 15.4. The van der Waals surface area contributed by atoms with Crippen molar-refractivity contribution in [3.63, 3.8) is 0 Å². The second kappa shape index (κ2) is 8.03. The zero-order valence-electron chi connectivity index (χ0n) is 15.4. The number of hydrogen-bond acceptors (Lipinski definition) is 5. The minimum Gasteiger partial charge on any atom is -0.372 e. The summed E-state index contributed by atoms with van der Waals surface area (Å²) in [5.41, 5.74) is 1.07. The van der Waals surface area contributed by atoms with Gasteiger partial charge in [-0.2, -0.15) is 0 Å². The van der Waals surface area contributed by atoms with Crippen LogP contribution in [0.3, 0.4) is 0 Å². The average Bonchev–Trinajstić information content (AvgIpc) is 3.34. The van der Waals surface area contributed by atoms with Crippen LogP contribution >= 0.6 is 0 Å². The summed E-state index contributed by atoms with van der Waals surface area (Å²) < 4.78 is 12.0. The first-order chi connectivity index (χ1) is 12.7. The van der Waals surface area contributed by atoms with E-state index in [1.165, 1.54) is 0 Å². The van der Waals surface area contributed by atoms with E-state index in [0.29, 0.717) is 6.61 Å². The molecule has 0 aliphatic carbocycles. The molecule has 3 aliphatic rings. The third kappa shape index (κ3) is 4.24. The molecule has 1 unspecified atom stereocenters. The van der Waals surface area contributed by atoms with E-state index in [-0.39, 0.29) is 24.2 Å². The summed E-state index contributed by atoms with van der Waals surface area (Å²) in [6.45, 7) is 5.55. The number of nitrogens with zero attached hydrogens (tertiary/aromatic N) is 3. The molecule has 1 aromatic rings. The summed E-state index contributed by atoms with van der Waals surface area (Å²) in [5, 5.41) is 0. The number of amides is 1. The molecule has 1 spiro atoms. The lowest BCUT2D eigenvalue weighted by atomic mass is 9.88. The molecule has 3 fully saturated rings. The normalized spacial score (nSPS) is 25.8. The highest BCUT2D eigenvalue weighted by Crippen LogP contribution is 2.37. The van der Waals surface area contributed by atoms with Crippen molar-refractivity contribution in [1.29, 1.82) is 0 Å². The molecule has 1 atom stereocenters. The van der Waals surface area contributed by atoms with Crippen molar-refractivity contribution in [2.75, 3.05) is 39.4 Å². The molecule has 0 aromatic carbocycles. The Morgan fingerprint density at radius 1 is 1.23 bits per heavy atom. The number of pyridine rings is 1. The van der Waals surface area contributed by atoms with Gasteiger partial charge in [0.1, 0.15) is 6.61 Å². The number of piperidine rings is 1. The van der Waals surface area contributed by atoms with Crippen LogP contribution in [-0.2, 0) is 20.8 Å². The SMILES string of the molecule is O=C(COC1COC2(CCN(Cc3ccccn3)CC2)C1)N1CCCC1. The van der Waals surface area contributed by atoms with Gasteiger partial charge in [0.25, 0.3) is 0 Å². The van der Waals surface area contributed by atoms with Gasteiger partial charge in [-0.25, -0.2) is 0 Å². The zero-order chi connectivity index (χ0) is 17.8. The maximum absolute atomic E-state index is 12.1. The Kier molecular flexibility index (Phi) is 5.52. The van der Waals surface area contributed by atoms with Crippen molar-refractivity contribution in [1.82, 2.24) is 14.8 Å². The highest BCUT2D eigenvalue weighted by atomic mass is 16.6. The number of aromatic nitrogens is 1. The Balaban J connectivity index is 1.20. The fraction of sp³-hybridized carbons (Fsp3) is 0.700. The number of likely N-dealkylation sites (tertiary alicyclic amines) is 2. The van der Waals surface area contributed by atoms with Gasteiger partial charge in [0.15, 0.2) is 0 Å². The van der Waals surface area contributed by atoms with Crippen LogP contribution < -0.4 is 0 Å². The van der Waals surface area contributed by atoms with Gasteiger partial charge in [-0.1, -0.05) is 6.07 Å². The number of carbonyl (C=O) groups excluding carboxylic acids is 1. The summed E-state index contributed by atoms with van der Waals surface area (Å²) in [6, 6.07) is 6.08. The third-order valence-electron chi connectivity index (χ3n) is 5.96. The number of rotatable bonds is 5. The predicted molar refractivity (Wildman–Crippen MR) is 97.6 cm³/mol. The van der Waals surface area contributed by atoms with E-state index in [1.807, 2.05) is 23.2 Å². The van der Waals surface area contributed by atoms with Crippen molar-refractivity contribution in [2.24, 2.45) is 0 Å². The van der Waals surface area contributed by atoms with Crippen molar-refractivity contribution in [2.45, 2.75) is 50.4 Å². The van der Waals surface area contributed by atoms with E-state index in [0.717, 1.165) is 70.5 Å². The first-order valence-electron chi connectivity index (χ1n) is 9.88. The van der Waals surface area contributed by atoms with E-state index in [9.17, 15) is 4.79 Å². The molecule has 6 nitrogen and oxygen atoms in total. The molecule has 26 heavy (non-hydrogen) atoms. The summed E-state index contributed by atoms with van der Waals surface area (Å²) in [4.78, 5) is 20.9. The summed E-state index contributed by atoms with van der Waals surface area (Å²) in [7, 11) is 0. The van der Waals surface area contributed by atoms with Crippen LogP contribution in [0.1, 0.15) is 37.8 Å². The highest BCUT2D eigenvalue weighted by Gasteiger charge is 2.43. The molecule has 6 heteroatoms. The van der Waals surface area contributed by atoms with Crippen molar-refractivity contribution in [3.8, 4) is 0 Å². The van der Waals surface area contributed by atoms with E-state index < -0.39 is 0 Å². The number of hydrogen-bond donors (Lipinski definition) is 0. The van der Waals surface area contributed by atoms with Crippen LogP contribution in [0, 0.1) is 0 Å². The smallest absolute Gasteiger partial charge is 0.248 e. The lowest BCUT2D eigenvalue weighted by Gasteiger charge is -2.38. The molecule has 4 heterocycles. The Morgan fingerprint density at radius 2 is 2.04 bits per heavy atom. The second-order valence-corrected chi connectivity index (χ2v) is 7.82. The molecular formula is C20H29N3O3. The van der Waals surface area contributed by atoms with Crippen LogP contribution in [0.5, 0.6) is 0 Å². The van der Waals surface area contributed by atoms with Crippen molar-refractivity contribution >= 4 is 5.91 Å². The molecule has 142 valence electrons. The minimum absolute atomic E-state index is 0.0536. The van der Waals surface area contributed by atoms with Gasteiger partial charge in [-0.05, 0) is 37.8 Å². The van der Waals surface area contributed by atoms with Gasteiger partial charge < -0.3 is 14.4 Å². The van der Waals surface area contributed by atoms with E-state index in [1.54, 1.807) is 0 Å². The third-order valence-corrected chi connectivity index (χ3v) is 5.96. The first kappa shape index (κ1) is 17.9. The van der Waals surface area contributed by atoms with Gasteiger partial charge in [0.05, 0.1) is 24.0 Å². The Hall–Kier alpha value is -1.50. The van der Waals surface area contributed by atoms with Crippen LogP contribution in [0.2, 0.25) is 0 Å². The van der Waals surface area contributed by atoms with Crippen molar-refractivity contribution < 1.29 is 14.3 Å². The minimum atomic E-state index is -0.0536. The maximum atomic E-state index is 12.1. The van der Waals surface area contributed by atoms with Gasteiger partial charge in [0, 0.05) is 45.3 Å². The Labute approximate surface area is 155 Å². The summed E-state index contributed by atoms with van der Waals surface area (Å²) in [6.07, 6.45) is 7.12. The topological polar surface area (TPSA) is 54.9 Å². The fourth-order valence-corrected chi connectivity index (χ4v) is 4.34. The molecule has 0 bridgehead atoms. The lowest BCUT2D eigenvalue weighted by Crippen LogP contribution is -2.44. The predicted octanol–water partition coefficient (Wildman–Crippen LogP) is 1.84. The van der Waals surface area contributed by atoms with Gasteiger partial charge in [0.2, 0.25) is 5.91 Å². The Bertz CT molecular complexity index is 596. The Morgan fingerprint density at radius 3 is 2.77 bits per heavy atom. The molecule has 0 N–H and O–H groups in total. The maximum Gasteiger partial charge on any atom is 0.248 e. The number of carbonyl (C=O) groups is 1.